The van der Waals surface area contributed by atoms with E-state index in [1.807, 2.05) is 0 Å². The van der Waals surface area contributed by atoms with E-state index in [2.05, 4.69) is 5.32 Å². The van der Waals surface area contributed by atoms with Crippen molar-refractivity contribution in [3.05, 3.63) is 71.3 Å². The van der Waals surface area contributed by atoms with Crippen molar-refractivity contribution < 1.29 is 13.6 Å². The summed E-state index contributed by atoms with van der Waals surface area (Å²) >= 11 is 0. The molecular weight excluding hydrogens is 334 g/mol. The minimum absolute atomic E-state index is 0. The minimum Gasteiger partial charge on any atom is -0.349 e. The van der Waals surface area contributed by atoms with Crippen LogP contribution in [0.15, 0.2) is 48.5 Å². The summed E-state index contributed by atoms with van der Waals surface area (Å²) in [4.78, 5) is 12.0. The Hall–Kier alpha value is -1.98. The molecule has 3 nitrogen and oxygen atoms in total. The number of hydrogen-bond acceptors (Lipinski definition) is 2. The van der Waals surface area contributed by atoms with Gasteiger partial charge in [0, 0.05) is 6.42 Å². The third-order valence-corrected chi connectivity index (χ3v) is 3.52. The molecule has 0 bridgehead atoms. The van der Waals surface area contributed by atoms with Crippen molar-refractivity contribution in [2.45, 2.75) is 25.3 Å². The van der Waals surface area contributed by atoms with E-state index in [0.717, 1.165) is 5.56 Å². The van der Waals surface area contributed by atoms with E-state index in [4.69, 9.17) is 5.73 Å². The van der Waals surface area contributed by atoms with Crippen LogP contribution < -0.4 is 11.1 Å². The predicted octanol–water partition coefficient (Wildman–Crippen LogP) is 3.53. The molecule has 2 aromatic rings. The maximum absolute atomic E-state index is 13.5. The molecule has 3 N–H and O–H groups in total. The second kappa shape index (κ2) is 10.0. The van der Waals surface area contributed by atoms with Crippen molar-refractivity contribution in [1.29, 1.82) is 0 Å². The van der Waals surface area contributed by atoms with Crippen molar-refractivity contribution in [3.8, 4) is 0 Å². The molecule has 1 atom stereocenters. The number of nitrogens with one attached hydrogen (secondary N) is 1. The fourth-order valence-electron chi connectivity index (χ4n) is 2.40. The van der Waals surface area contributed by atoms with Gasteiger partial charge in [-0.15, -0.1) is 12.4 Å². The van der Waals surface area contributed by atoms with Crippen LogP contribution in [0.2, 0.25) is 0 Å². The van der Waals surface area contributed by atoms with Gasteiger partial charge in [0.25, 0.3) is 0 Å². The van der Waals surface area contributed by atoms with Gasteiger partial charge in [-0.2, -0.15) is 0 Å². The first-order valence-electron chi connectivity index (χ1n) is 7.58. The van der Waals surface area contributed by atoms with Crippen LogP contribution in [0.3, 0.4) is 0 Å². The molecule has 1 unspecified atom stereocenters. The Morgan fingerprint density at radius 1 is 1.08 bits per heavy atom. The second-order valence-corrected chi connectivity index (χ2v) is 5.40. The third-order valence-electron chi connectivity index (χ3n) is 3.52. The summed E-state index contributed by atoms with van der Waals surface area (Å²) in [6.45, 7) is 0.432. The molecular formula is C18H21ClF2N2O. The molecule has 2 aromatic carbocycles. The number of carbonyl (C=O) groups excluding carboxylic acids is 1. The first-order valence-corrected chi connectivity index (χ1v) is 7.58. The van der Waals surface area contributed by atoms with Crippen LogP contribution in [0.5, 0.6) is 0 Å². The van der Waals surface area contributed by atoms with E-state index >= 15 is 0 Å². The smallest absolute Gasteiger partial charge is 0.220 e. The summed E-state index contributed by atoms with van der Waals surface area (Å²) in [6, 6.07) is 11.8. The van der Waals surface area contributed by atoms with E-state index in [9.17, 15) is 13.6 Å². The molecule has 0 radical (unpaired) electrons. The summed E-state index contributed by atoms with van der Waals surface area (Å²) in [5.41, 5.74) is 6.79. The van der Waals surface area contributed by atoms with Crippen molar-refractivity contribution in [2.75, 3.05) is 6.54 Å². The number of carbonyl (C=O) groups is 1. The van der Waals surface area contributed by atoms with Crippen molar-refractivity contribution >= 4 is 18.3 Å². The highest BCUT2D eigenvalue weighted by Gasteiger charge is 2.16. The highest BCUT2D eigenvalue weighted by molar-refractivity contribution is 5.85. The molecule has 130 valence electrons. The van der Waals surface area contributed by atoms with E-state index < -0.39 is 6.04 Å². The highest BCUT2D eigenvalue weighted by atomic mass is 35.5. The molecule has 0 aliphatic heterocycles. The summed E-state index contributed by atoms with van der Waals surface area (Å²) in [7, 11) is 0. The van der Waals surface area contributed by atoms with E-state index in [1.54, 1.807) is 24.3 Å². The van der Waals surface area contributed by atoms with Crippen LogP contribution in [0.25, 0.3) is 0 Å². The fourth-order valence-corrected chi connectivity index (χ4v) is 2.40. The van der Waals surface area contributed by atoms with E-state index in [1.165, 1.54) is 24.3 Å². The predicted molar refractivity (Wildman–Crippen MR) is 92.9 cm³/mol. The summed E-state index contributed by atoms with van der Waals surface area (Å²) in [5.74, 6) is -0.862. The summed E-state index contributed by atoms with van der Waals surface area (Å²) in [5, 5.41) is 2.88. The number of hydrogen-bond donors (Lipinski definition) is 2. The Morgan fingerprint density at radius 3 is 2.38 bits per heavy atom. The monoisotopic (exact) mass is 354 g/mol. The third kappa shape index (κ3) is 6.26. The molecule has 6 heteroatoms. The zero-order valence-electron chi connectivity index (χ0n) is 13.2. The molecule has 0 spiro atoms. The number of amides is 1. The van der Waals surface area contributed by atoms with Gasteiger partial charge in [0.05, 0.1) is 6.04 Å². The van der Waals surface area contributed by atoms with Crippen molar-refractivity contribution in [3.63, 3.8) is 0 Å². The van der Waals surface area contributed by atoms with Gasteiger partial charge in [-0.3, -0.25) is 4.79 Å². The molecule has 0 aromatic heterocycles. The molecule has 0 saturated heterocycles. The van der Waals surface area contributed by atoms with Gasteiger partial charge < -0.3 is 11.1 Å². The van der Waals surface area contributed by atoms with Crippen molar-refractivity contribution in [1.82, 2.24) is 5.32 Å². The zero-order chi connectivity index (χ0) is 16.7. The topological polar surface area (TPSA) is 55.1 Å². The molecule has 0 saturated carbocycles. The Kier molecular flexibility index (Phi) is 8.36. The standard InChI is InChI=1S/C18H20F2N2O.ClH/c19-15-6-1-4-13(10-15)11-17(22-18(23)8-3-9-21)14-5-2-7-16(20)12-14;/h1-2,4-7,10,12,17H,3,8-9,11,21H2,(H,22,23);1H. The van der Waals surface area contributed by atoms with Crippen molar-refractivity contribution in [2.24, 2.45) is 5.73 Å². The van der Waals surface area contributed by atoms with Crippen LogP contribution >= 0.6 is 12.4 Å². The SMILES string of the molecule is Cl.NCCCC(=O)NC(Cc1cccc(F)c1)c1cccc(F)c1. The molecule has 2 rings (SSSR count). The Morgan fingerprint density at radius 2 is 1.75 bits per heavy atom. The van der Waals surface area contributed by atoms with Crippen LogP contribution in [-0.2, 0) is 11.2 Å². The molecule has 1 amide bonds. The number of halogens is 3. The normalized spacial score (nSPS) is 11.5. The zero-order valence-corrected chi connectivity index (χ0v) is 14.0. The Balaban J connectivity index is 0.00000288. The van der Waals surface area contributed by atoms with Gasteiger partial charge in [0.1, 0.15) is 11.6 Å². The van der Waals surface area contributed by atoms with Gasteiger partial charge in [-0.25, -0.2) is 8.78 Å². The maximum atomic E-state index is 13.5. The molecule has 24 heavy (non-hydrogen) atoms. The minimum atomic E-state index is -0.419. The Bertz CT molecular complexity index is 667. The van der Waals surface area contributed by atoms with Crippen LogP contribution in [0.4, 0.5) is 8.78 Å². The molecule has 0 aliphatic carbocycles. The van der Waals surface area contributed by atoms with Gasteiger partial charge in [-0.05, 0) is 54.8 Å². The van der Waals surface area contributed by atoms with E-state index in [-0.39, 0.29) is 29.9 Å². The lowest BCUT2D eigenvalue weighted by Crippen LogP contribution is -2.30. The molecule has 0 heterocycles. The second-order valence-electron chi connectivity index (χ2n) is 5.40. The number of benzene rings is 2. The first-order chi connectivity index (χ1) is 11.1. The van der Waals surface area contributed by atoms with Gasteiger partial charge in [-0.1, -0.05) is 24.3 Å². The van der Waals surface area contributed by atoms with Crippen LogP contribution in [-0.4, -0.2) is 12.5 Å². The fraction of sp³-hybridized carbons (Fsp3) is 0.278. The summed E-state index contributed by atoms with van der Waals surface area (Å²) in [6.07, 6.45) is 1.28. The summed E-state index contributed by atoms with van der Waals surface area (Å²) < 4.78 is 26.8. The lowest BCUT2D eigenvalue weighted by Gasteiger charge is -2.20. The van der Waals surface area contributed by atoms with Gasteiger partial charge in [0.15, 0.2) is 0 Å². The molecule has 0 aliphatic rings. The number of nitrogens with two attached hydrogens (primary N) is 1. The molecule has 0 fully saturated rings. The van der Waals surface area contributed by atoms with Gasteiger partial charge in [0.2, 0.25) is 5.91 Å². The number of rotatable bonds is 7. The van der Waals surface area contributed by atoms with Crippen LogP contribution in [0, 0.1) is 11.6 Å². The largest absolute Gasteiger partial charge is 0.349 e. The van der Waals surface area contributed by atoms with E-state index in [0.29, 0.717) is 31.4 Å². The first kappa shape index (κ1) is 20.1. The quantitative estimate of drug-likeness (QED) is 0.799. The van der Waals surface area contributed by atoms with Gasteiger partial charge >= 0.3 is 0 Å². The lowest BCUT2D eigenvalue weighted by atomic mass is 9.98. The Labute approximate surface area is 146 Å². The van der Waals surface area contributed by atoms with Crippen LogP contribution in [0.1, 0.15) is 30.0 Å². The average Bonchev–Trinajstić information content (AvgIpc) is 2.52. The highest BCUT2D eigenvalue weighted by Crippen LogP contribution is 2.20. The maximum Gasteiger partial charge on any atom is 0.220 e. The lowest BCUT2D eigenvalue weighted by molar-refractivity contribution is -0.121. The average molecular weight is 355 g/mol.